The van der Waals surface area contributed by atoms with Crippen LogP contribution in [-0.4, -0.2) is 42.3 Å². The Bertz CT molecular complexity index is 845. The molecule has 2 aromatic rings. The summed E-state index contributed by atoms with van der Waals surface area (Å²) < 4.78 is 10.2. The van der Waals surface area contributed by atoms with Crippen LogP contribution in [0.5, 0.6) is 11.5 Å². The molecule has 3 N–H and O–H groups in total. The van der Waals surface area contributed by atoms with Crippen molar-refractivity contribution in [1.82, 2.24) is 0 Å². The third kappa shape index (κ3) is 3.86. The fraction of sp³-hybridized carbons (Fsp3) is 0.118. The van der Waals surface area contributed by atoms with E-state index in [4.69, 9.17) is 14.6 Å². The van der Waals surface area contributed by atoms with Crippen molar-refractivity contribution in [2.45, 2.75) is 0 Å². The van der Waals surface area contributed by atoms with Gasteiger partial charge in [-0.05, 0) is 30.3 Å². The molecule has 0 saturated heterocycles. The average Bonchev–Trinajstić information content (AvgIpc) is 2.60. The number of benzene rings is 2. The van der Waals surface area contributed by atoms with Gasteiger partial charge in [-0.1, -0.05) is 0 Å². The Balaban J connectivity index is 2.35. The van der Waals surface area contributed by atoms with Crippen LogP contribution >= 0.6 is 0 Å². The van der Waals surface area contributed by atoms with Crippen LogP contribution in [-0.2, 0) is 0 Å². The molecule has 2 rings (SSSR count). The van der Waals surface area contributed by atoms with Gasteiger partial charge in [-0.2, -0.15) is 0 Å². The number of aromatic carboxylic acids is 2. The van der Waals surface area contributed by atoms with E-state index in [0.717, 1.165) is 18.2 Å². The van der Waals surface area contributed by atoms with E-state index >= 15 is 0 Å². The molecule has 0 aromatic heterocycles. The lowest BCUT2D eigenvalue weighted by atomic mass is 10.0. The number of methoxy groups -OCH3 is 2. The molecule has 0 radical (unpaired) electrons. The van der Waals surface area contributed by atoms with Crippen LogP contribution < -0.4 is 14.8 Å². The quantitative estimate of drug-likeness (QED) is 0.734. The Labute approximate surface area is 142 Å². The minimum absolute atomic E-state index is 0.160. The van der Waals surface area contributed by atoms with E-state index in [1.165, 1.54) is 20.3 Å². The van der Waals surface area contributed by atoms with Gasteiger partial charge >= 0.3 is 11.9 Å². The van der Waals surface area contributed by atoms with Gasteiger partial charge in [-0.25, -0.2) is 9.59 Å². The molecule has 25 heavy (non-hydrogen) atoms. The third-order valence-electron chi connectivity index (χ3n) is 3.38. The summed E-state index contributed by atoms with van der Waals surface area (Å²) in [4.78, 5) is 34.7. The first-order valence-corrected chi connectivity index (χ1v) is 7.01. The van der Waals surface area contributed by atoms with Crippen molar-refractivity contribution in [3.63, 3.8) is 0 Å². The molecule has 0 bridgehead atoms. The van der Waals surface area contributed by atoms with Crippen LogP contribution in [0.2, 0.25) is 0 Å². The second kappa shape index (κ2) is 7.35. The van der Waals surface area contributed by atoms with E-state index in [1.807, 2.05) is 0 Å². The Morgan fingerprint density at radius 2 is 1.52 bits per heavy atom. The summed E-state index contributed by atoms with van der Waals surface area (Å²) in [6, 6.07) is 7.92. The predicted octanol–water partition coefficient (Wildman–Crippen LogP) is 2.35. The average molecular weight is 345 g/mol. The molecule has 130 valence electrons. The maximum Gasteiger partial charge on any atom is 0.336 e. The standard InChI is InChI=1S/C17H15NO7/c1-24-13-6-4-10(8-14(13)25-2)18-15(19)11-5-3-9(16(20)21)7-12(11)17(22)23/h3-8H,1-2H3,(H,18,19)(H,20,21)(H,22,23). The number of amides is 1. The number of carboxylic acids is 2. The van der Waals surface area contributed by atoms with Gasteiger partial charge in [0.25, 0.3) is 5.91 Å². The molecule has 8 heteroatoms. The van der Waals surface area contributed by atoms with Crippen LogP contribution in [0, 0.1) is 0 Å². The van der Waals surface area contributed by atoms with Gasteiger partial charge in [0, 0.05) is 11.8 Å². The molecule has 0 saturated carbocycles. The molecule has 0 aliphatic rings. The molecule has 0 fully saturated rings. The molecule has 1 amide bonds. The van der Waals surface area contributed by atoms with E-state index < -0.39 is 23.4 Å². The fourth-order valence-electron chi connectivity index (χ4n) is 2.16. The van der Waals surface area contributed by atoms with Crippen LogP contribution in [0.1, 0.15) is 31.1 Å². The highest BCUT2D eigenvalue weighted by Crippen LogP contribution is 2.30. The smallest absolute Gasteiger partial charge is 0.336 e. The maximum absolute atomic E-state index is 12.4. The number of hydrogen-bond acceptors (Lipinski definition) is 5. The number of hydrogen-bond donors (Lipinski definition) is 3. The normalized spacial score (nSPS) is 10.0. The summed E-state index contributed by atoms with van der Waals surface area (Å²) in [6.45, 7) is 0. The van der Waals surface area contributed by atoms with Crippen LogP contribution in [0.3, 0.4) is 0 Å². The van der Waals surface area contributed by atoms with Crippen LogP contribution in [0.15, 0.2) is 36.4 Å². The van der Waals surface area contributed by atoms with E-state index in [-0.39, 0.29) is 11.1 Å². The topological polar surface area (TPSA) is 122 Å². The van der Waals surface area contributed by atoms with Gasteiger partial charge < -0.3 is 25.0 Å². The van der Waals surface area contributed by atoms with Gasteiger partial charge in [0.05, 0.1) is 30.9 Å². The minimum atomic E-state index is -1.40. The number of carboxylic acid groups (broad SMARTS) is 2. The Kier molecular flexibility index (Phi) is 5.23. The zero-order valence-electron chi connectivity index (χ0n) is 13.4. The molecule has 0 heterocycles. The molecule has 8 nitrogen and oxygen atoms in total. The Morgan fingerprint density at radius 3 is 2.08 bits per heavy atom. The third-order valence-corrected chi connectivity index (χ3v) is 3.38. The summed E-state index contributed by atoms with van der Waals surface area (Å²) in [5.74, 6) is -2.52. The van der Waals surface area contributed by atoms with E-state index in [9.17, 15) is 19.5 Å². The molecular weight excluding hydrogens is 330 g/mol. The number of nitrogens with one attached hydrogen (secondary N) is 1. The minimum Gasteiger partial charge on any atom is -0.493 e. The summed E-state index contributed by atoms with van der Waals surface area (Å²) in [5, 5.41) is 20.7. The molecular formula is C17H15NO7. The van der Waals surface area contributed by atoms with Gasteiger partial charge in [0.15, 0.2) is 11.5 Å². The lowest BCUT2D eigenvalue weighted by Gasteiger charge is -2.12. The number of ether oxygens (including phenoxy) is 2. The van der Waals surface area contributed by atoms with Crippen molar-refractivity contribution < 1.29 is 34.1 Å². The highest BCUT2D eigenvalue weighted by molar-refractivity contribution is 6.11. The number of rotatable bonds is 6. The number of carbonyl (C=O) groups is 3. The van der Waals surface area contributed by atoms with Crippen molar-refractivity contribution in [1.29, 1.82) is 0 Å². The van der Waals surface area contributed by atoms with Gasteiger partial charge in [0.1, 0.15) is 0 Å². The van der Waals surface area contributed by atoms with E-state index in [0.29, 0.717) is 17.2 Å². The molecule has 2 aromatic carbocycles. The lowest BCUT2D eigenvalue weighted by Crippen LogP contribution is -2.17. The van der Waals surface area contributed by atoms with Crippen molar-refractivity contribution in [2.24, 2.45) is 0 Å². The van der Waals surface area contributed by atoms with Crippen molar-refractivity contribution >= 4 is 23.5 Å². The number of carbonyl (C=O) groups excluding carboxylic acids is 1. The molecule has 0 aliphatic heterocycles. The first-order chi connectivity index (χ1) is 11.9. The predicted molar refractivity (Wildman–Crippen MR) is 87.9 cm³/mol. The van der Waals surface area contributed by atoms with Gasteiger partial charge in [0.2, 0.25) is 0 Å². The largest absolute Gasteiger partial charge is 0.493 e. The summed E-state index contributed by atoms with van der Waals surface area (Å²) >= 11 is 0. The zero-order chi connectivity index (χ0) is 18.6. The first-order valence-electron chi connectivity index (χ1n) is 7.01. The van der Waals surface area contributed by atoms with Crippen molar-refractivity contribution in [2.75, 3.05) is 19.5 Å². The SMILES string of the molecule is COc1ccc(NC(=O)c2ccc(C(=O)O)cc2C(=O)O)cc1OC. The van der Waals surface area contributed by atoms with Crippen molar-refractivity contribution in [3.05, 3.63) is 53.1 Å². The van der Waals surface area contributed by atoms with Crippen molar-refractivity contribution in [3.8, 4) is 11.5 Å². The summed E-state index contributed by atoms with van der Waals surface area (Å²) in [6.07, 6.45) is 0. The molecule has 0 unspecified atom stereocenters. The second-order valence-electron chi connectivity index (χ2n) is 4.89. The molecule has 0 atom stereocenters. The molecule has 0 spiro atoms. The molecule has 0 aliphatic carbocycles. The van der Waals surface area contributed by atoms with E-state index in [1.54, 1.807) is 12.1 Å². The van der Waals surface area contributed by atoms with Gasteiger partial charge in [-0.3, -0.25) is 4.79 Å². The fourth-order valence-corrected chi connectivity index (χ4v) is 2.16. The highest BCUT2D eigenvalue weighted by atomic mass is 16.5. The van der Waals surface area contributed by atoms with Crippen LogP contribution in [0.25, 0.3) is 0 Å². The zero-order valence-corrected chi connectivity index (χ0v) is 13.4. The number of anilines is 1. The van der Waals surface area contributed by atoms with E-state index in [2.05, 4.69) is 5.32 Å². The maximum atomic E-state index is 12.4. The Morgan fingerprint density at radius 1 is 0.840 bits per heavy atom. The van der Waals surface area contributed by atoms with Crippen LogP contribution in [0.4, 0.5) is 5.69 Å². The summed E-state index contributed by atoms with van der Waals surface area (Å²) in [5.41, 5.74) is -0.425. The monoisotopic (exact) mass is 345 g/mol. The first kappa shape index (κ1) is 17.8. The summed E-state index contributed by atoms with van der Waals surface area (Å²) in [7, 11) is 2.91. The Hall–Kier alpha value is -3.55. The lowest BCUT2D eigenvalue weighted by molar-refractivity contribution is 0.0692. The highest BCUT2D eigenvalue weighted by Gasteiger charge is 2.19. The second-order valence-corrected chi connectivity index (χ2v) is 4.89. The van der Waals surface area contributed by atoms with Gasteiger partial charge in [-0.15, -0.1) is 0 Å².